The Morgan fingerprint density at radius 2 is 1.90 bits per heavy atom. The highest BCUT2D eigenvalue weighted by atomic mass is 19.4. The number of piperidine rings is 1. The number of hydrogen-bond acceptors (Lipinski definition) is 4. The fourth-order valence-corrected chi connectivity index (χ4v) is 3.87. The molecule has 1 amide bonds. The predicted molar refractivity (Wildman–Crippen MR) is 106 cm³/mol. The Balaban J connectivity index is 1.37. The molecule has 1 aliphatic heterocycles. The predicted octanol–water partition coefficient (Wildman–Crippen LogP) is 3.95. The van der Waals surface area contributed by atoms with Crippen molar-refractivity contribution < 1.29 is 18.0 Å². The normalized spacial score (nSPS) is 17.2. The first kappa shape index (κ1) is 20.3. The van der Waals surface area contributed by atoms with Gasteiger partial charge in [-0.15, -0.1) is 10.2 Å². The lowest BCUT2D eigenvalue weighted by molar-refractivity contribution is -0.137. The van der Waals surface area contributed by atoms with E-state index in [4.69, 9.17) is 0 Å². The minimum Gasteiger partial charge on any atom is -0.325 e. The van der Waals surface area contributed by atoms with Crippen LogP contribution in [0.4, 0.5) is 18.9 Å². The average Bonchev–Trinajstić information content (AvgIpc) is 3.17. The number of hydrogen-bond donors (Lipinski definition) is 1. The molecule has 0 aliphatic carbocycles. The monoisotopic (exact) mass is 417 g/mol. The zero-order chi connectivity index (χ0) is 21.3. The first-order valence-corrected chi connectivity index (χ1v) is 9.85. The molecule has 3 aromatic rings. The van der Waals surface area contributed by atoms with Crippen molar-refractivity contribution in [3.05, 3.63) is 60.0 Å². The molecule has 2 aromatic heterocycles. The summed E-state index contributed by atoms with van der Waals surface area (Å²) in [7, 11) is 0. The van der Waals surface area contributed by atoms with Gasteiger partial charge in [0.1, 0.15) is 5.82 Å². The maximum atomic E-state index is 12.9. The van der Waals surface area contributed by atoms with Crippen molar-refractivity contribution in [2.24, 2.45) is 0 Å². The Hall–Kier alpha value is -2.94. The van der Waals surface area contributed by atoms with E-state index in [1.165, 1.54) is 12.1 Å². The minimum atomic E-state index is -4.44. The van der Waals surface area contributed by atoms with E-state index in [1.807, 2.05) is 33.7 Å². The summed E-state index contributed by atoms with van der Waals surface area (Å²) in [4.78, 5) is 14.6. The lowest BCUT2D eigenvalue weighted by Gasteiger charge is -2.34. The van der Waals surface area contributed by atoms with Crippen LogP contribution in [0, 0.1) is 0 Å². The van der Waals surface area contributed by atoms with Crippen molar-refractivity contribution in [3.8, 4) is 0 Å². The summed E-state index contributed by atoms with van der Waals surface area (Å²) in [5.41, 5.74) is 0.171. The van der Waals surface area contributed by atoms with Crippen LogP contribution in [0.1, 0.15) is 37.1 Å². The Labute approximate surface area is 171 Å². The van der Waals surface area contributed by atoms with Gasteiger partial charge in [0, 0.05) is 17.8 Å². The third kappa shape index (κ3) is 4.16. The molecule has 6 nitrogen and oxygen atoms in total. The van der Waals surface area contributed by atoms with Gasteiger partial charge in [-0.1, -0.05) is 12.1 Å². The van der Waals surface area contributed by atoms with Gasteiger partial charge in [0.05, 0.1) is 11.6 Å². The summed E-state index contributed by atoms with van der Waals surface area (Å²) in [6.45, 7) is 3.17. The van der Waals surface area contributed by atoms with Crippen molar-refractivity contribution in [1.29, 1.82) is 0 Å². The molecule has 30 heavy (non-hydrogen) atoms. The number of nitrogens with zero attached hydrogens (tertiary/aromatic N) is 4. The van der Waals surface area contributed by atoms with Gasteiger partial charge in [0.25, 0.3) is 0 Å². The molecule has 4 rings (SSSR count). The highest BCUT2D eigenvalue weighted by Crippen LogP contribution is 2.31. The van der Waals surface area contributed by atoms with E-state index in [0.29, 0.717) is 13.1 Å². The van der Waals surface area contributed by atoms with Crippen LogP contribution in [-0.2, 0) is 11.0 Å². The number of nitrogens with one attached hydrogen (secondary N) is 1. The van der Waals surface area contributed by atoms with E-state index < -0.39 is 17.8 Å². The molecule has 1 saturated heterocycles. The second-order valence-corrected chi connectivity index (χ2v) is 7.54. The van der Waals surface area contributed by atoms with E-state index in [9.17, 15) is 18.0 Å². The maximum Gasteiger partial charge on any atom is 0.416 e. The van der Waals surface area contributed by atoms with E-state index in [1.54, 1.807) is 6.92 Å². The van der Waals surface area contributed by atoms with Gasteiger partial charge in [-0.2, -0.15) is 13.2 Å². The molecule has 158 valence electrons. The Bertz CT molecular complexity index is 1040. The summed E-state index contributed by atoms with van der Waals surface area (Å²) >= 11 is 0. The van der Waals surface area contributed by atoms with Crippen LogP contribution < -0.4 is 5.32 Å². The first-order valence-electron chi connectivity index (χ1n) is 9.85. The summed E-state index contributed by atoms with van der Waals surface area (Å²) in [5.74, 6) is 0.851. The molecular formula is C21H22F3N5O. The summed E-state index contributed by atoms with van der Waals surface area (Å²) in [6.07, 6.45) is -0.837. The van der Waals surface area contributed by atoms with Gasteiger partial charge in [0.2, 0.25) is 5.91 Å². The molecule has 1 aromatic carbocycles. The molecule has 0 spiro atoms. The number of carbonyl (C=O) groups is 1. The number of pyridine rings is 1. The molecular weight excluding hydrogens is 395 g/mol. The molecule has 9 heteroatoms. The zero-order valence-corrected chi connectivity index (χ0v) is 16.4. The van der Waals surface area contributed by atoms with Gasteiger partial charge in [-0.25, -0.2) is 0 Å². The fourth-order valence-electron chi connectivity index (χ4n) is 3.87. The van der Waals surface area contributed by atoms with E-state index >= 15 is 0 Å². The van der Waals surface area contributed by atoms with Crippen LogP contribution in [0.5, 0.6) is 0 Å². The number of fused-ring (bicyclic) bond motifs is 1. The number of rotatable bonds is 4. The summed E-state index contributed by atoms with van der Waals surface area (Å²) in [5, 5.41) is 11.1. The molecule has 1 N–H and O–H groups in total. The molecule has 1 aliphatic rings. The fraction of sp³-hybridized carbons (Fsp3) is 0.381. The summed E-state index contributed by atoms with van der Waals surface area (Å²) < 4.78 is 40.6. The van der Waals surface area contributed by atoms with Crippen LogP contribution in [-0.4, -0.2) is 44.5 Å². The molecule has 0 bridgehead atoms. The SMILES string of the molecule is CC(C(=O)Nc1cccc(C(F)(F)F)c1)N1CCC(c2nnc3ccccn23)CC1. The van der Waals surface area contributed by atoms with E-state index in [-0.39, 0.29) is 17.5 Å². The average molecular weight is 417 g/mol. The van der Waals surface area contributed by atoms with Gasteiger partial charge >= 0.3 is 6.18 Å². The van der Waals surface area contributed by atoms with E-state index in [0.717, 1.165) is 36.4 Å². The number of carbonyl (C=O) groups excluding carboxylic acids is 1. The van der Waals surface area contributed by atoms with Crippen LogP contribution in [0.25, 0.3) is 5.65 Å². The highest BCUT2D eigenvalue weighted by molar-refractivity contribution is 5.94. The second kappa shape index (κ2) is 8.06. The van der Waals surface area contributed by atoms with Crippen molar-refractivity contribution >= 4 is 17.2 Å². The molecule has 0 radical (unpaired) electrons. The lowest BCUT2D eigenvalue weighted by Crippen LogP contribution is -2.45. The van der Waals surface area contributed by atoms with Gasteiger partial charge in [0.15, 0.2) is 5.65 Å². The number of alkyl halides is 3. The molecule has 0 saturated carbocycles. The molecule has 1 atom stereocenters. The van der Waals surface area contributed by atoms with Gasteiger partial charge in [-0.3, -0.25) is 14.1 Å². The smallest absolute Gasteiger partial charge is 0.325 e. The third-order valence-corrected chi connectivity index (χ3v) is 5.62. The Morgan fingerprint density at radius 1 is 1.13 bits per heavy atom. The quantitative estimate of drug-likeness (QED) is 0.698. The maximum absolute atomic E-state index is 12.9. The number of amides is 1. The largest absolute Gasteiger partial charge is 0.416 e. The summed E-state index contributed by atoms with van der Waals surface area (Å²) in [6, 6.07) is 10.0. The van der Waals surface area contributed by atoms with Gasteiger partial charge in [-0.05, 0) is 63.2 Å². The molecule has 3 heterocycles. The number of halogens is 3. The Kier molecular flexibility index (Phi) is 5.46. The lowest BCUT2D eigenvalue weighted by atomic mass is 9.95. The number of aromatic nitrogens is 3. The van der Waals surface area contributed by atoms with Crippen molar-refractivity contribution in [2.45, 2.75) is 37.9 Å². The number of likely N-dealkylation sites (tertiary alicyclic amines) is 1. The highest BCUT2D eigenvalue weighted by Gasteiger charge is 2.32. The zero-order valence-electron chi connectivity index (χ0n) is 16.4. The third-order valence-electron chi connectivity index (χ3n) is 5.62. The van der Waals surface area contributed by atoms with Crippen LogP contribution in [0.3, 0.4) is 0 Å². The van der Waals surface area contributed by atoms with Crippen molar-refractivity contribution in [2.75, 3.05) is 18.4 Å². The van der Waals surface area contributed by atoms with Crippen molar-refractivity contribution in [3.63, 3.8) is 0 Å². The van der Waals surface area contributed by atoms with Gasteiger partial charge < -0.3 is 5.32 Å². The standard InChI is InChI=1S/C21H22F3N5O/c1-14(20(30)25-17-6-4-5-16(13-17)21(22,23)24)28-11-8-15(9-12-28)19-27-26-18-7-2-3-10-29(18)19/h2-7,10,13-15H,8-9,11-12H2,1H3,(H,25,30). The number of anilines is 1. The number of benzene rings is 1. The van der Waals surface area contributed by atoms with Crippen molar-refractivity contribution in [1.82, 2.24) is 19.5 Å². The Morgan fingerprint density at radius 3 is 2.63 bits per heavy atom. The molecule has 1 fully saturated rings. The minimum absolute atomic E-state index is 0.145. The van der Waals surface area contributed by atoms with Crippen LogP contribution in [0.15, 0.2) is 48.7 Å². The second-order valence-electron chi connectivity index (χ2n) is 7.54. The van der Waals surface area contributed by atoms with E-state index in [2.05, 4.69) is 15.5 Å². The van der Waals surface area contributed by atoms with Crippen LogP contribution >= 0.6 is 0 Å². The molecule has 1 unspecified atom stereocenters. The topological polar surface area (TPSA) is 62.5 Å². The van der Waals surface area contributed by atoms with Crippen LogP contribution in [0.2, 0.25) is 0 Å². The first-order chi connectivity index (χ1) is 14.3.